The van der Waals surface area contributed by atoms with Gasteiger partial charge in [-0.15, -0.1) is 0 Å². The SMILES string of the molecule is C=C1C(=O)C=C[C@@H](OC(=O)c2ccccc2)[C@@H]1COC(=O)c1ccccc1. The Hall–Kier alpha value is -3.47. The second kappa shape index (κ2) is 8.27. The monoisotopic (exact) mass is 362 g/mol. The van der Waals surface area contributed by atoms with Crippen LogP contribution in [0.1, 0.15) is 20.7 Å². The van der Waals surface area contributed by atoms with E-state index in [1.54, 1.807) is 60.7 Å². The summed E-state index contributed by atoms with van der Waals surface area (Å²) in [5.41, 5.74) is 1.04. The first kappa shape index (κ1) is 18.3. The van der Waals surface area contributed by atoms with Crippen LogP contribution < -0.4 is 0 Å². The van der Waals surface area contributed by atoms with Gasteiger partial charge in [0.25, 0.3) is 0 Å². The van der Waals surface area contributed by atoms with Crippen molar-refractivity contribution < 1.29 is 23.9 Å². The maximum atomic E-state index is 12.3. The zero-order valence-corrected chi connectivity index (χ0v) is 14.5. The van der Waals surface area contributed by atoms with Crippen LogP contribution in [0.15, 0.2) is 85.0 Å². The second-order valence-corrected chi connectivity index (χ2v) is 6.06. The lowest BCUT2D eigenvalue weighted by atomic mass is 9.87. The molecule has 27 heavy (non-hydrogen) atoms. The van der Waals surface area contributed by atoms with Crippen molar-refractivity contribution in [3.05, 3.63) is 96.1 Å². The molecule has 2 aromatic rings. The predicted octanol–water partition coefficient (Wildman–Crippen LogP) is 3.38. The Labute approximate surface area is 156 Å². The van der Waals surface area contributed by atoms with E-state index in [0.717, 1.165) is 0 Å². The minimum absolute atomic E-state index is 0.116. The van der Waals surface area contributed by atoms with Gasteiger partial charge in [0.05, 0.1) is 17.0 Å². The number of benzene rings is 2. The predicted molar refractivity (Wildman–Crippen MR) is 99.1 cm³/mol. The summed E-state index contributed by atoms with van der Waals surface area (Å²) < 4.78 is 10.8. The molecule has 5 nitrogen and oxygen atoms in total. The highest BCUT2D eigenvalue weighted by atomic mass is 16.6. The number of esters is 2. The van der Waals surface area contributed by atoms with E-state index in [9.17, 15) is 14.4 Å². The van der Waals surface area contributed by atoms with Crippen LogP contribution >= 0.6 is 0 Å². The van der Waals surface area contributed by atoms with Gasteiger partial charge in [0.1, 0.15) is 12.7 Å². The summed E-state index contributed by atoms with van der Waals surface area (Å²) in [7, 11) is 0. The van der Waals surface area contributed by atoms with Gasteiger partial charge in [-0.05, 0) is 36.4 Å². The van der Waals surface area contributed by atoms with Crippen LogP contribution in [-0.2, 0) is 14.3 Å². The highest BCUT2D eigenvalue weighted by molar-refractivity contribution is 6.05. The molecular weight excluding hydrogens is 344 g/mol. The molecule has 1 aliphatic rings. The van der Waals surface area contributed by atoms with Gasteiger partial charge in [0.15, 0.2) is 5.78 Å². The Morgan fingerprint density at radius 3 is 2.04 bits per heavy atom. The quantitative estimate of drug-likeness (QED) is 0.602. The normalized spacial score (nSPS) is 18.8. The van der Waals surface area contributed by atoms with Gasteiger partial charge in [-0.3, -0.25) is 4.79 Å². The average Bonchev–Trinajstić information content (AvgIpc) is 2.71. The highest BCUT2D eigenvalue weighted by Gasteiger charge is 2.33. The molecule has 0 aliphatic heterocycles. The van der Waals surface area contributed by atoms with Gasteiger partial charge >= 0.3 is 11.9 Å². The van der Waals surface area contributed by atoms with Crippen LogP contribution in [0, 0.1) is 5.92 Å². The van der Waals surface area contributed by atoms with E-state index in [4.69, 9.17) is 9.47 Å². The molecule has 0 fully saturated rings. The van der Waals surface area contributed by atoms with E-state index < -0.39 is 24.0 Å². The third kappa shape index (κ3) is 4.39. The van der Waals surface area contributed by atoms with Crippen molar-refractivity contribution in [2.24, 2.45) is 5.92 Å². The molecule has 0 saturated carbocycles. The minimum atomic E-state index is -0.744. The molecule has 2 atom stereocenters. The van der Waals surface area contributed by atoms with E-state index in [1.165, 1.54) is 12.2 Å². The Morgan fingerprint density at radius 2 is 1.44 bits per heavy atom. The van der Waals surface area contributed by atoms with Crippen molar-refractivity contribution in [2.75, 3.05) is 6.61 Å². The molecule has 0 saturated heterocycles. The van der Waals surface area contributed by atoms with Crippen molar-refractivity contribution in [1.29, 1.82) is 0 Å². The summed E-state index contributed by atoms with van der Waals surface area (Å²) >= 11 is 0. The number of carbonyl (C=O) groups excluding carboxylic acids is 3. The van der Waals surface area contributed by atoms with Gasteiger partial charge in [0, 0.05) is 5.57 Å². The standard InChI is InChI=1S/C22H18O5/c1-15-18(14-26-21(24)16-8-4-2-5-9-16)20(13-12-19(15)23)27-22(25)17-10-6-3-7-11-17/h2-13,18,20H,1,14H2/t18-,20-/m1/s1. The molecule has 1 aliphatic carbocycles. The molecule has 0 N–H and O–H groups in total. The lowest BCUT2D eigenvalue weighted by molar-refractivity contribution is -0.113. The molecule has 3 rings (SSSR count). The fraction of sp³-hybridized carbons (Fsp3) is 0.136. The van der Waals surface area contributed by atoms with Gasteiger partial charge in [-0.1, -0.05) is 43.0 Å². The van der Waals surface area contributed by atoms with Crippen molar-refractivity contribution in [1.82, 2.24) is 0 Å². The van der Waals surface area contributed by atoms with Crippen molar-refractivity contribution in [3.63, 3.8) is 0 Å². The fourth-order valence-corrected chi connectivity index (χ4v) is 2.71. The smallest absolute Gasteiger partial charge is 0.338 e. The Morgan fingerprint density at radius 1 is 0.889 bits per heavy atom. The van der Waals surface area contributed by atoms with Gasteiger partial charge in [-0.2, -0.15) is 0 Å². The average molecular weight is 362 g/mol. The summed E-state index contributed by atoms with van der Waals surface area (Å²) in [6, 6.07) is 17.1. The van der Waals surface area contributed by atoms with Crippen molar-refractivity contribution >= 4 is 17.7 Å². The molecular formula is C22H18O5. The van der Waals surface area contributed by atoms with E-state index in [-0.39, 0.29) is 18.0 Å². The number of ether oxygens (including phenoxy) is 2. The number of allylic oxidation sites excluding steroid dienone is 1. The molecule has 0 heterocycles. The van der Waals surface area contributed by atoms with Crippen LogP contribution in [0.5, 0.6) is 0 Å². The van der Waals surface area contributed by atoms with Crippen LogP contribution in [0.2, 0.25) is 0 Å². The molecule has 0 radical (unpaired) electrons. The summed E-state index contributed by atoms with van der Waals surface area (Å²) in [5, 5.41) is 0. The van der Waals surface area contributed by atoms with Gasteiger partial charge in [0.2, 0.25) is 0 Å². The molecule has 0 bridgehead atoms. The lowest BCUT2D eigenvalue weighted by Gasteiger charge is -2.28. The first-order valence-electron chi connectivity index (χ1n) is 8.46. The van der Waals surface area contributed by atoms with Crippen LogP contribution in [-0.4, -0.2) is 30.4 Å². The zero-order chi connectivity index (χ0) is 19.2. The zero-order valence-electron chi connectivity index (χ0n) is 14.5. The third-order valence-corrected chi connectivity index (χ3v) is 4.25. The van der Waals surface area contributed by atoms with Gasteiger partial charge in [-0.25, -0.2) is 9.59 Å². The molecule has 0 unspecified atom stereocenters. The molecule has 2 aromatic carbocycles. The molecule has 0 amide bonds. The Balaban J connectivity index is 1.71. The first-order chi connectivity index (χ1) is 13.1. The fourth-order valence-electron chi connectivity index (χ4n) is 2.71. The molecule has 0 spiro atoms. The van der Waals surface area contributed by atoms with E-state index in [2.05, 4.69) is 6.58 Å². The molecule has 5 heteroatoms. The third-order valence-electron chi connectivity index (χ3n) is 4.25. The lowest BCUT2D eigenvalue weighted by Crippen LogP contribution is -2.35. The molecule has 0 aromatic heterocycles. The summed E-state index contributed by atoms with van der Waals surface area (Å²) in [4.78, 5) is 36.4. The van der Waals surface area contributed by atoms with Crippen LogP contribution in [0.25, 0.3) is 0 Å². The summed E-state index contributed by atoms with van der Waals surface area (Å²) in [6.07, 6.45) is 2.08. The maximum absolute atomic E-state index is 12.3. The van der Waals surface area contributed by atoms with Crippen LogP contribution in [0.3, 0.4) is 0 Å². The van der Waals surface area contributed by atoms with E-state index in [1.807, 2.05) is 0 Å². The number of hydrogen-bond acceptors (Lipinski definition) is 5. The number of ketones is 1. The van der Waals surface area contributed by atoms with Gasteiger partial charge < -0.3 is 9.47 Å². The number of hydrogen-bond donors (Lipinski definition) is 0. The van der Waals surface area contributed by atoms with E-state index >= 15 is 0 Å². The topological polar surface area (TPSA) is 69.7 Å². The van der Waals surface area contributed by atoms with Crippen LogP contribution in [0.4, 0.5) is 0 Å². The number of carbonyl (C=O) groups is 3. The van der Waals surface area contributed by atoms with Crippen molar-refractivity contribution in [3.8, 4) is 0 Å². The Bertz CT molecular complexity index is 883. The first-order valence-corrected chi connectivity index (χ1v) is 8.46. The molecule has 136 valence electrons. The Kier molecular flexibility index (Phi) is 5.61. The maximum Gasteiger partial charge on any atom is 0.338 e. The minimum Gasteiger partial charge on any atom is -0.461 e. The summed E-state index contributed by atoms with van der Waals surface area (Å²) in [6.45, 7) is 3.66. The number of rotatable bonds is 5. The highest BCUT2D eigenvalue weighted by Crippen LogP contribution is 2.25. The second-order valence-electron chi connectivity index (χ2n) is 6.06. The summed E-state index contributed by atoms with van der Waals surface area (Å²) in [5.74, 6) is -1.95. The van der Waals surface area contributed by atoms with Crippen molar-refractivity contribution in [2.45, 2.75) is 6.10 Å². The largest absolute Gasteiger partial charge is 0.461 e. The van der Waals surface area contributed by atoms with E-state index in [0.29, 0.717) is 11.1 Å².